The monoisotopic (exact) mass is 251 g/mol. The molecule has 1 aromatic rings. The van der Waals surface area contributed by atoms with Crippen molar-refractivity contribution in [1.82, 2.24) is 15.5 Å². The highest BCUT2D eigenvalue weighted by Gasteiger charge is 2.31. The van der Waals surface area contributed by atoms with E-state index in [1.54, 1.807) is 0 Å². The van der Waals surface area contributed by atoms with Crippen LogP contribution in [-0.4, -0.2) is 23.3 Å². The first-order valence-electron chi connectivity index (χ1n) is 7.03. The quantitative estimate of drug-likeness (QED) is 0.874. The number of hydrogen-bond acceptors (Lipinski definition) is 5. The third kappa shape index (κ3) is 2.42. The van der Waals surface area contributed by atoms with Gasteiger partial charge in [-0.05, 0) is 31.7 Å². The van der Waals surface area contributed by atoms with Gasteiger partial charge in [-0.2, -0.15) is 4.98 Å². The average Bonchev–Trinajstić information content (AvgIpc) is 2.91. The smallest absolute Gasteiger partial charge is 0.256 e. The summed E-state index contributed by atoms with van der Waals surface area (Å²) in [5.74, 6) is 1.93. The zero-order valence-corrected chi connectivity index (χ0v) is 10.9. The van der Waals surface area contributed by atoms with Crippen LogP contribution in [-0.2, 0) is 4.74 Å². The summed E-state index contributed by atoms with van der Waals surface area (Å²) in [7, 11) is 0. The van der Waals surface area contributed by atoms with Gasteiger partial charge >= 0.3 is 0 Å². The van der Waals surface area contributed by atoms with Crippen molar-refractivity contribution in [3.05, 3.63) is 11.7 Å². The molecule has 3 heterocycles. The summed E-state index contributed by atoms with van der Waals surface area (Å²) in [6, 6.07) is 0.252. The molecule has 0 bridgehead atoms. The number of rotatable bonds is 2. The van der Waals surface area contributed by atoms with Crippen LogP contribution in [0.15, 0.2) is 4.52 Å². The van der Waals surface area contributed by atoms with E-state index in [2.05, 4.69) is 22.4 Å². The zero-order chi connectivity index (χ0) is 12.4. The van der Waals surface area contributed by atoms with Gasteiger partial charge in [0.25, 0.3) is 5.89 Å². The van der Waals surface area contributed by atoms with Crippen LogP contribution < -0.4 is 5.32 Å². The molecule has 3 rings (SSSR count). The minimum Gasteiger partial charge on any atom is -0.368 e. The van der Waals surface area contributed by atoms with E-state index in [4.69, 9.17) is 9.26 Å². The molecule has 2 fully saturated rings. The molecule has 2 aliphatic rings. The first-order chi connectivity index (χ1) is 8.84. The first-order valence-corrected chi connectivity index (χ1v) is 7.03. The Labute approximate surface area is 107 Å². The summed E-state index contributed by atoms with van der Waals surface area (Å²) < 4.78 is 11.0. The lowest BCUT2D eigenvalue weighted by molar-refractivity contribution is 0.0661. The highest BCUT2D eigenvalue weighted by Crippen LogP contribution is 2.33. The molecule has 0 aliphatic carbocycles. The fourth-order valence-electron chi connectivity index (χ4n) is 2.76. The van der Waals surface area contributed by atoms with Crippen molar-refractivity contribution in [1.29, 1.82) is 0 Å². The van der Waals surface area contributed by atoms with Crippen LogP contribution in [0, 0.1) is 5.92 Å². The van der Waals surface area contributed by atoms with Gasteiger partial charge in [0.05, 0.1) is 6.04 Å². The van der Waals surface area contributed by atoms with Gasteiger partial charge in [-0.15, -0.1) is 0 Å². The molecule has 0 amide bonds. The van der Waals surface area contributed by atoms with Crippen molar-refractivity contribution in [3.63, 3.8) is 0 Å². The van der Waals surface area contributed by atoms with Crippen LogP contribution in [0.25, 0.3) is 0 Å². The van der Waals surface area contributed by atoms with Crippen LogP contribution in [0.1, 0.15) is 62.9 Å². The summed E-state index contributed by atoms with van der Waals surface area (Å²) in [4.78, 5) is 4.54. The van der Waals surface area contributed by atoms with Crippen LogP contribution in [0.3, 0.4) is 0 Å². The van der Waals surface area contributed by atoms with E-state index in [0.29, 0.717) is 11.8 Å². The van der Waals surface area contributed by atoms with Gasteiger partial charge in [-0.3, -0.25) is 0 Å². The van der Waals surface area contributed by atoms with Crippen LogP contribution in [0.4, 0.5) is 0 Å². The zero-order valence-electron chi connectivity index (χ0n) is 10.9. The summed E-state index contributed by atoms with van der Waals surface area (Å²) in [5, 5.41) is 7.62. The second-order valence-corrected chi connectivity index (χ2v) is 5.40. The molecule has 3 unspecified atom stereocenters. The van der Waals surface area contributed by atoms with Gasteiger partial charge < -0.3 is 14.6 Å². The summed E-state index contributed by atoms with van der Waals surface area (Å²) in [6.07, 6.45) is 5.93. The standard InChI is InChI=1S/C13H21N3O2/c1-9-6-8-17-11(9)13-15-12(16-18-13)10-5-3-2-4-7-14-10/h9-11,14H,2-8H2,1H3. The van der Waals surface area contributed by atoms with Crippen molar-refractivity contribution in [2.24, 2.45) is 5.92 Å². The van der Waals surface area contributed by atoms with E-state index in [1.807, 2.05) is 0 Å². The van der Waals surface area contributed by atoms with Gasteiger partial charge in [0.1, 0.15) is 6.10 Å². The van der Waals surface area contributed by atoms with Crippen molar-refractivity contribution in [2.45, 2.75) is 51.2 Å². The van der Waals surface area contributed by atoms with E-state index >= 15 is 0 Å². The number of nitrogens with zero attached hydrogens (tertiary/aromatic N) is 2. The topological polar surface area (TPSA) is 60.2 Å². The minimum absolute atomic E-state index is 0.00275. The van der Waals surface area contributed by atoms with Crippen molar-refractivity contribution < 1.29 is 9.26 Å². The summed E-state index contributed by atoms with van der Waals surface area (Å²) in [6.45, 7) is 4.02. The first kappa shape index (κ1) is 12.1. The molecule has 100 valence electrons. The molecule has 18 heavy (non-hydrogen) atoms. The fraction of sp³-hybridized carbons (Fsp3) is 0.846. The maximum atomic E-state index is 5.66. The maximum absolute atomic E-state index is 5.66. The van der Waals surface area contributed by atoms with E-state index in [-0.39, 0.29) is 12.1 Å². The SMILES string of the molecule is CC1CCOC1c1nc(C2CCCCCN2)no1. The molecule has 0 radical (unpaired) electrons. The van der Waals surface area contributed by atoms with Crippen LogP contribution in [0.2, 0.25) is 0 Å². The van der Waals surface area contributed by atoms with E-state index in [0.717, 1.165) is 31.8 Å². The Morgan fingerprint density at radius 1 is 1.22 bits per heavy atom. The minimum atomic E-state index is -0.00275. The Kier molecular flexibility index (Phi) is 3.61. The third-order valence-electron chi connectivity index (χ3n) is 3.96. The molecule has 0 aromatic carbocycles. The number of aromatic nitrogens is 2. The number of ether oxygens (including phenoxy) is 1. The van der Waals surface area contributed by atoms with Gasteiger partial charge in [0.15, 0.2) is 5.82 Å². The predicted octanol–water partition coefficient (Wildman–Crippen LogP) is 2.37. The molecule has 1 aromatic heterocycles. The Morgan fingerprint density at radius 2 is 2.17 bits per heavy atom. The molecule has 2 aliphatic heterocycles. The van der Waals surface area contributed by atoms with Crippen LogP contribution >= 0.6 is 0 Å². The Bertz CT molecular complexity index is 385. The largest absolute Gasteiger partial charge is 0.368 e. The summed E-state index contributed by atoms with van der Waals surface area (Å²) in [5.41, 5.74) is 0. The van der Waals surface area contributed by atoms with Gasteiger partial charge in [0.2, 0.25) is 0 Å². The highest BCUT2D eigenvalue weighted by molar-refractivity contribution is 4.99. The molecule has 0 saturated carbocycles. The maximum Gasteiger partial charge on any atom is 0.256 e. The Morgan fingerprint density at radius 3 is 3.00 bits per heavy atom. The number of nitrogens with one attached hydrogen (secondary N) is 1. The predicted molar refractivity (Wildman–Crippen MR) is 66.0 cm³/mol. The number of hydrogen-bond donors (Lipinski definition) is 1. The van der Waals surface area contributed by atoms with Crippen molar-refractivity contribution in [2.75, 3.05) is 13.2 Å². The van der Waals surface area contributed by atoms with Crippen molar-refractivity contribution >= 4 is 0 Å². The van der Waals surface area contributed by atoms with E-state index in [9.17, 15) is 0 Å². The molecule has 0 spiro atoms. The lowest BCUT2D eigenvalue weighted by atomic mass is 10.0. The second-order valence-electron chi connectivity index (χ2n) is 5.40. The van der Waals surface area contributed by atoms with Gasteiger partial charge in [-0.1, -0.05) is 24.9 Å². The molecular formula is C13H21N3O2. The molecule has 5 nitrogen and oxygen atoms in total. The molecular weight excluding hydrogens is 230 g/mol. The highest BCUT2D eigenvalue weighted by atomic mass is 16.5. The lowest BCUT2D eigenvalue weighted by Crippen LogP contribution is -2.21. The molecule has 1 N–H and O–H groups in total. The Balaban J connectivity index is 1.72. The van der Waals surface area contributed by atoms with Crippen LogP contribution in [0.5, 0.6) is 0 Å². The van der Waals surface area contributed by atoms with Gasteiger partial charge in [0, 0.05) is 6.61 Å². The van der Waals surface area contributed by atoms with Gasteiger partial charge in [-0.25, -0.2) is 0 Å². The summed E-state index contributed by atoms with van der Waals surface area (Å²) >= 11 is 0. The molecule has 3 atom stereocenters. The normalized spacial score (nSPS) is 33.5. The van der Waals surface area contributed by atoms with Crippen molar-refractivity contribution in [3.8, 4) is 0 Å². The van der Waals surface area contributed by atoms with E-state index in [1.165, 1.54) is 19.3 Å². The fourth-order valence-corrected chi connectivity index (χ4v) is 2.76. The van der Waals surface area contributed by atoms with E-state index < -0.39 is 0 Å². The molecule has 5 heteroatoms. The third-order valence-corrected chi connectivity index (χ3v) is 3.96. The lowest BCUT2D eigenvalue weighted by Gasteiger charge is -2.11. The Hall–Kier alpha value is -0.940. The average molecular weight is 251 g/mol. The second kappa shape index (κ2) is 5.36. The molecule has 2 saturated heterocycles.